The predicted octanol–water partition coefficient (Wildman–Crippen LogP) is 0.901. The van der Waals surface area contributed by atoms with Crippen molar-refractivity contribution in [2.75, 3.05) is 14.2 Å². The maximum absolute atomic E-state index is 11.7. The minimum atomic E-state index is -0.338. The molecule has 0 bridgehead atoms. The smallest absolute Gasteiger partial charge is 0.274 e. The third-order valence-electron chi connectivity index (χ3n) is 2.26. The van der Waals surface area contributed by atoms with E-state index in [9.17, 15) is 4.79 Å². The van der Waals surface area contributed by atoms with Crippen molar-refractivity contribution < 1.29 is 9.63 Å². The number of nitrogens with zero attached hydrogens (tertiary/aromatic N) is 4. The lowest BCUT2D eigenvalue weighted by atomic mass is 10.3. The first kappa shape index (κ1) is 11.3. The summed E-state index contributed by atoms with van der Waals surface area (Å²) >= 11 is 0. The highest BCUT2D eigenvalue weighted by atomic mass is 16.7. The molecule has 0 fully saturated rings. The molecule has 0 atom stereocenters. The van der Waals surface area contributed by atoms with E-state index in [0.717, 1.165) is 10.8 Å². The molecule has 0 aliphatic carbocycles. The Morgan fingerprint density at radius 3 is 2.71 bits per heavy atom. The van der Waals surface area contributed by atoms with E-state index in [-0.39, 0.29) is 11.6 Å². The van der Waals surface area contributed by atoms with Gasteiger partial charge in [-0.25, -0.2) is 5.06 Å². The van der Waals surface area contributed by atoms with Crippen molar-refractivity contribution in [3.05, 3.63) is 42.2 Å². The van der Waals surface area contributed by atoms with Crippen LogP contribution in [0.5, 0.6) is 0 Å². The van der Waals surface area contributed by atoms with Crippen LogP contribution < -0.4 is 0 Å². The van der Waals surface area contributed by atoms with Crippen molar-refractivity contribution in [1.82, 2.24) is 20.1 Å². The summed E-state index contributed by atoms with van der Waals surface area (Å²) in [6.07, 6.45) is 1.41. The molecule has 17 heavy (non-hydrogen) atoms. The molecule has 1 aromatic heterocycles. The number of carbonyl (C=O) groups is 1. The van der Waals surface area contributed by atoms with Crippen LogP contribution in [0.2, 0.25) is 0 Å². The van der Waals surface area contributed by atoms with Gasteiger partial charge in [0.2, 0.25) is 0 Å². The fourth-order valence-electron chi connectivity index (χ4n) is 1.29. The number of hydrogen-bond donors (Lipinski definition) is 0. The van der Waals surface area contributed by atoms with Gasteiger partial charge in [-0.15, -0.1) is 5.10 Å². The lowest BCUT2D eigenvalue weighted by Crippen LogP contribution is -2.25. The van der Waals surface area contributed by atoms with Gasteiger partial charge in [0.25, 0.3) is 5.91 Å². The Kier molecular flexibility index (Phi) is 3.15. The van der Waals surface area contributed by atoms with Crippen LogP contribution in [-0.2, 0) is 4.84 Å². The number of aromatic nitrogens is 3. The SMILES string of the molecule is CON(C)C(=O)c1cnn(-c2ccccc2)n1. The standard InChI is InChI=1S/C11H12N4O2/c1-14(17-2)11(16)10-8-12-15(13-10)9-6-4-3-5-7-9/h3-8H,1-2H3. The van der Waals surface area contributed by atoms with Crippen LogP contribution in [0.15, 0.2) is 36.5 Å². The lowest BCUT2D eigenvalue weighted by molar-refractivity contribution is -0.0760. The molecule has 0 N–H and O–H groups in total. The first-order valence-corrected chi connectivity index (χ1v) is 5.02. The van der Waals surface area contributed by atoms with Gasteiger partial charge in [0.05, 0.1) is 19.0 Å². The summed E-state index contributed by atoms with van der Waals surface area (Å²) in [5.74, 6) is -0.338. The maximum Gasteiger partial charge on any atom is 0.299 e. The summed E-state index contributed by atoms with van der Waals surface area (Å²) in [6, 6.07) is 9.36. The zero-order valence-electron chi connectivity index (χ0n) is 9.57. The molecule has 0 radical (unpaired) electrons. The van der Waals surface area contributed by atoms with E-state index < -0.39 is 0 Å². The van der Waals surface area contributed by atoms with E-state index in [2.05, 4.69) is 10.2 Å². The number of hydrogen-bond acceptors (Lipinski definition) is 4. The van der Waals surface area contributed by atoms with Crippen LogP contribution >= 0.6 is 0 Å². The molecule has 2 aromatic rings. The Morgan fingerprint density at radius 2 is 2.06 bits per heavy atom. The zero-order valence-corrected chi connectivity index (χ0v) is 9.57. The number of benzene rings is 1. The van der Waals surface area contributed by atoms with E-state index in [1.165, 1.54) is 25.2 Å². The Hall–Kier alpha value is -2.21. The summed E-state index contributed by atoms with van der Waals surface area (Å²) < 4.78 is 0. The molecule has 0 saturated heterocycles. The molecule has 1 aromatic carbocycles. The van der Waals surface area contributed by atoms with Gasteiger partial charge < -0.3 is 0 Å². The molecule has 0 aliphatic rings. The predicted molar refractivity (Wildman–Crippen MR) is 60.5 cm³/mol. The van der Waals surface area contributed by atoms with Gasteiger partial charge in [-0.2, -0.15) is 9.90 Å². The highest BCUT2D eigenvalue weighted by Gasteiger charge is 2.15. The maximum atomic E-state index is 11.7. The van der Waals surface area contributed by atoms with Crippen LogP contribution in [0.1, 0.15) is 10.5 Å². The molecule has 0 saturated carbocycles. The van der Waals surface area contributed by atoms with Gasteiger partial charge in [0.15, 0.2) is 5.69 Å². The molecule has 2 rings (SSSR count). The molecule has 88 valence electrons. The molecule has 6 nitrogen and oxygen atoms in total. The van der Waals surface area contributed by atoms with Gasteiger partial charge in [-0.3, -0.25) is 9.63 Å². The molecule has 1 heterocycles. The Morgan fingerprint density at radius 1 is 1.35 bits per heavy atom. The van der Waals surface area contributed by atoms with Gasteiger partial charge in [-0.05, 0) is 12.1 Å². The summed E-state index contributed by atoms with van der Waals surface area (Å²) in [7, 11) is 2.93. The average Bonchev–Trinajstić information content (AvgIpc) is 2.87. The van der Waals surface area contributed by atoms with E-state index in [0.29, 0.717) is 0 Å². The number of rotatable bonds is 3. The second kappa shape index (κ2) is 4.75. The number of para-hydroxylation sites is 1. The molecule has 1 amide bonds. The van der Waals surface area contributed by atoms with Crippen molar-refractivity contribution in [2.45, 2.75) is 0 Å². The second-order valence-electron chi connectivity index (χ2n) is 3.34. The molecule has 0 aliphatic heterocycles. The van der Waals surface area contributed by atoms with Gasteiger partial charge in [0.1, 0.15) is 0 Å². The van der Waals surface area contributed by atoms with Crippen molar-refractivity contribution >= 4 is 5.91 Å². The number of hydroxylamine groups is 2. The average molecular weight is 232 g/mol. The quantitative estimate of drug-likeness (QED) is 0.738. The normalized spacial score (nSPS) is 10.2. The van der Waals surface area contributed by atoms with Crippen LogP contribution in [-0.4, -0.2) is 40.1 Å². The first-order valence-electron chi connectivity index (χ1n) is 5.02. The largest absolute Gasteiger partial charge is 0.299 e. The van der Waals surface area contributed by atoms with Crippen molar-refractivity contribution in [3.8, 4) is 5.69 Å². The topological polar surface area (TPSA) is 60.2 Å². The van der Waals surface area contributed by atoms with Gasteiger partial charge >= 0.3 is 0 Å². The van der Waals surface area contributed by atoms with Gasteiger partial charge in [-0.1, -0.05) is 18.2 Å². The van der Waals surface area contributed by atoms with E-state index in [4.69, 9.17) is 4.84 Å². The van der Waals surface area contributed by atoms with E-state index in [1.807, 2.05) is 30.3 Å². The fourth-order valence-corrected chi connectivity index (χ4v) is 1.29. The summed E-state index contributed by atoms with van der Waals surface area (Å²) in [6.45, 7) is 0. The van der Waals surface area contributed by atoms with Gasteiger partial charge in [0, 0.05) is 7.05 Å². The summed E-state index contributed by atoms with van der Waals surface area (Å²) in [5.41, 5.74) is 1.03. The Labute approximate surface area is 98.4 Å². The van der Waals surface area contributed by atoms with Crippen LogP contribution in [0, 0.1) is 0 Å². The van der Waals surface area contributed by atoms with E-state index in [1.54, 1.807) is 0 Å². The minimum absolute atomic E-state index is 0.234. The van der Waals surface area contributed by atoms with Crippen LogP contribution in [0.25, 0.3) is 5.69 Å². The van der Waals surface area contributed by atoms with Crippen LogP contribution in [0.3, 0.4) is 0 Å². The minimum Gasteiger partial charge on any atom is -0.274 e. The Balaban J connectivity index is 2.25. The number of carbonyl (C=O) groups excluding carboxylic acids is 1. The van der Waals surface area contributed by atoms with Crippen molar-refractivity contribution in [2.24, 2.45) is 0 Å². The second-order valence-corrected chi connectivity index (χ2v) is 3.34. The highest BCUT2D eigenvalue weighted by Crippen LogP contribution is 2.05. The Bertz CT molecular complexity index is 509. The lowest BCUT2D eigenvalue weighted by Gasteiger charge is -2.10. The number of amides is 1. The van der Waals surface area contributed by atoms with Crippen molar-refractivity contribution in [3.63, 3.8) is 0 Å². The van der Waals surface area contributed by atoms with E-state index >= 15 is 0 Å². The third kappa shape index (κ3) is 2.31. The van der Waals surface area contributed by atoms with Crippen molar-refractivity contribution in [1.29, 1.82) is 0 Å². The third-order valence-corrected chi connectivity index (χ3v) is 2.26. The summed E-state index contributed by atoms with van der Waals surface area (Å²) in [4.78, 5) is 17.9. The monoisotopic (exact) mass is 232 g/mol. The molecule has 0 unspecified atom stereocenters. The zero-order chi connectivity index (χ0) is 12.3. The summed E-state index contributed by atoms with van der Waals surface area (Å²) in [5, 5.41) is 9.21. The molecule has 6 heteroatoms. The van der Waals surface area contributed by atoms with Crippen LogP contribution in [0.4, 0.5) is 0 Å². The molecule has 0 spiro atoms. The molecular formula is C11H12N4O2. The fraction of sp³-hybridized carbons (Fsp3) is 0.182. The highest BCUT2D eigenvalue weighted by molar-refractivity contribution is 5.90. The molecular weight excluding hydrogens is 220 g/mol. The first-order chi connectivity index (χ1) is 8.22.